The lowest BCUT2D eigenvalue weighted by Gasteiger charge is -2.10. The molecule has 0 heterocycles. The molecule has 1 unspecified atom stereocenters. The number of carbonyl (C=O) groups is 1. The van der Waals surface area contributed by atoms with Crippen molar-refractivity contribution in [3.8, 4) is 0 Å². The molecular weight excluding hydrogens is 206 g/mol. The number of aliphatic hydroxyl groups excluding tert-OH is 1. The summed E-state index contributed by atoms with van der Waals surface area (Å²) < 4.78 is 5.02. The highest BCUT2D eigenvalue weighted by molar-refractivity contribution is 5.90. The Morgan fingerprint density at radius 2 is 2.12 bits per heavy atom. The fourth-order valence-corrected chi connectivity index (χ4v) is 1.26. The first kappa shape index (κ1) is 12.7. The molecule has 1 aromatic carbocycles. The molecule has 0 saturated heterocycles. The van der Waals surface area contributed by atoms with Crippen LogP contribution < -0.4 is 5.32 Å². The van der Waals surface area contributed by atoms with Crippen LogP contribution in [0, 0.1) is 0 Å². The lowest BCUT2D eigenvalue weighted by atomic mass is 10.2. The Balaban J connectivity index is 2.31. The zero-order valence-electron chi connectivity index (χ0n) is 9.35. The summed E-state index contributed by atoms with van der Waals surface area (Å²) >= 11 is 0. The second-order valence-corrected chi connectivity index (χ2v) is 3.43. The first-order valence-electron chi connectivity index (χ1n) is 5.33. The van der Waals surface area contributed by atoms with Gasteiger partial charge in [-0.05, 0) is 19.1 Å². The van der Waals surface area contributed by atoms with Crippen molar-refractivity contribution in [2.45, 2.75) is 19.4 Å². The standard InChI is InChI=1S/C12H17NO3/c1-2-16-9-11(14)8-12(15)13-10-6-4-3-5-7-10/h3-7,11,14H,2,8-9H2,1H3,(H,13,15). The molecule has 0 bridgehead atoms. The number of benzene rings is 1. The fraction of sp³-hybridized carbons (Fsp3) is 0.417. The Kier molecular flexibility index (Phi) is 5.53. The minimum atomic E-state index is -0.747. The summed E-state index contributed by atoms with van der Waals surface area (Å²) in [5, 5.41) is 12.1. The lowest BCUT2D eigenvalue weighted by Crippen LogP contribution is -2.23. The molecule has 1 aromatic rings. The predicted molar refractivity (Wildman–Crippen MR) is 62.2 cm³/mol. The topological polar surface area (TPSA) is 58.6 Å². The van der Waals surface area contributed by atoms with Gasteiger partial charge < -0.3 is 15.2 Å². The van der Waals surface area contributed by atoms with E-state index in [0.29, 0.717) is 6.61 Å². The Bertz CT molecular complexity index is 313. The first-order chi connectivity index (χ1) is 7.72. The third kappa shape index (κ3) is 4.91. The van der Waals surface area contributed by atoms with Crippen molar-refractivity contribution < 1.29 is 14.6 Å². The molecule has 1 amide bonds. The van der Waals surface area contributed by atoms with Crippen LogP contribution >= 0.6 is 0 Å². The van der Waals surface area contributed by atoms with E-state index in [2.05, 4.69) is 5.32 Å². The van der Waals surface area contributed by atoms with Crippen LogP contribution in [0.15, 0.2) is 30.3 Å². The van der Waals surface area contributed by atoms with E-state index < -0.39 is 6.10 Å². The molecule has 0 saturated carbocycles. The van der Waals surface area contributed by atoms with Crippen molar-refractivity contribution in [3.63, 3.8) is 0 Å². The van der Waals surface area contributed by atoms with E-state index >= 15 is 0 Å². The molecule has 4 nitrogen and oxygen atoms in total. The number of hydrogen-bond donors (Lipinski definition) is 2. The summed E-state index contributed by atoms with van der Waals surface area (Å²) in [7, 11) is 0. The van der Waals surface area contributed by atoms with Crippen LogP contribution in [-0.4, -0.2) is 30.3 Å². The molecule has 1 atom stereocenters. The molecule has 0 aliphatic rings. The van der Waals surface area contributed by atoms with E-state index in [1.165, 1.54) is 0 Å². The Morgan fingerprint density at radius 3 is 2.75 bits per heavy atom. The van der Waals surface area contributed by atoms with E-state index in [-0.39, 0.29) is 18.9 Å². The first-order valence-corrected chi connectivity index (χ1v) is 5.33. The Morgan fingerprint density at radius 1 is 1.44 bits per heavy atom. The van der Waals surface area contributed by atoms with Gasteiger partial charge in [0.05, 0.1) is 19.1 Å². The zero-order chi connectivity index (χ0) is 11.8. The van der Waals surface area contributed by atoms with Crippen molar-refractivity contribution in [1.82, 2.24) is 0 Å². The number of aliphatic hydroxyl groups is 1. The van der Waals surface area contributed by atoms with Crippen molar-refractivity contribution in [2.24, 2.45) is 0 Å². The third-order valence-corrected chi connectivity index (χ3v) is 1.99. The Hall–Kier alpha value is -1.39. The van der Waals surface area contributed by atoms with Gasteiger partial charge in [0, 0.05) is 12.3 Å². The average Bonchev–Trinajstić information content (AvgIpc) is 2.27. The van der Waals surface area contributed by atoms with Crippen LogP contribution in [0.25, 0.3) is 0 Å². The van der Waals surface area contributed by atoms with Gasteiger partial charge in [-0.15, -0.1) is 0 Å². The van der Waals surface area contributed by atoms with Crippen LogP contribution in [0.5, 0.6) is 0 Å². The molecule has 88 valence electrons. The number of ether oxygens (including phenoxy) is 1. The van der Waals surface area contributed by atoms with Crippen LogP contribution in [-0.2, 0) is 9.53 Å². The molecule has 4 heteroatoms. The van der Waals surface area contributed by atoms with Gasteiger partial charge in [-0.25, -0.2) is 0 Å². The minimum Gasteiger partial charge on any atom is -0.390 e. The SMILES string of the molecule is CCOCC(O)CC(=O)Nc1ccccc1. The summed E-state index contributed by atoms with van der Waals surface area (Å²) in [6.07, 6.45) is -0.696. The maximum absolute atomic E-state index is 11.5. The van der Waals surface area contributed by atoms with Gasteiger partial charge in [-0.3, -0.25) is 4.79 Å². The second-order valence-electron chi connectivity index (χ2n) is 3.43. The molecule has 0 spiro atoms. The summed E-state index contributed by atoms with van der Waals surface area (Å²) in [5.41, 5.74) is 0.733. The van der Waals surface area contributed by atoms with Crippen LogP contribution in [0.2, 0.25) is 0 Å². The molecular formula is C12H17NO3. The number of amides is 1. The molecule has 0 aliphatic heterocycles. The normalized spacial score (nSPS) is 12.1. The maximum Gasteiger partial charge on any atom is 0.227 e. The third-order valence-electron chi connectivity index (χ3n) is 1.99. The smallest absolute Gasteiger partial charge is 0.227 e. The number of nitrogens with one attached hydrogen (secondary N) is 1. The van der Waals surface area contributed by atoms with Gasteiger partial charge >= 0.3 is 0 Å². The van der Waals surface area contributed by atoms with Crippen molar-refractivity contribution in [2.75, 3.05) is 18.5 Å². The molecule has 0 radical (unpaired) electrons. The highest BCUT2D eigenvalue weighted by Gasteiger charge is 2.10. The second kappa shape index (κ2) is 6.98. The van der Waals surface area contributed by atoms with E-state index in [4.69, 9.17) is 4.74 Å². The molecule has 0 fully saturated rings. The molecule has 16 heavy (non-hydrogen) atoms. The van der Waals surface area contributed by atoms with Gasteiger partial charge in [0.15, 0.2) is 0 Å². The molecule has 0 aliphatic carbocycles. The quantitative estimate of drug-likeness (QED) is 0.766. The van der Waals surface area contributed by atoms with Gasteiger partial charge in [0.1, 0.15) is 0 Å². The maximum atomic E-state index is 11.5. The van der Waals surface area contributed by atoms with Gasteiger partial charge in [-0.2, -0.15) is 0 Å². The highest BCUT2D eigenvalue weighted by atomic mass is 16.5. The minimum absolute atomic E-state index is 0.0505. The summed E-state index contributed by atoms with van der Waals surface area (Å²) in [4.78, 5) is 11.5. The van der Waals surface area contributed by atoms with Gasteiger partial charge in [-0.1, -0.05) is 18.2 Å². The van der Waals surface area contributed by atoms with Crippen molar-refractivity contribution in [1.29, 1.82) is 0 Å². The number of hydrogen-bond acceptors (Lipinski definition) is 3. The van der Waals surface area contributed by atoms with E-state index in [9.17, 15) is 9.90 Å². The van der Waals surface area contributed by atoms with Crippen LogP contribution in [0.3, 0.4) is 0 Å². The average molecular weight is 223 g/mol. The molecule has 1 rings (SSSR count). The van der Waals surface area contributed by atoms with Gasteiger partial charge in [0.25, 0.3) is 0 Å². The zero-order valence-corrected chi connectivity index (χ0v) is 9.35. The lowest BCUT2D eigenvalue weighted by molar-refractivity contribution is -0.118. The number of anilines is 1. The predicted octanol–water partition coefficient (Wildman–Crippen LogP) is 1.41. The van der Waals surface area contributed by atoms with Gasteiger partial charge in [0.2, 0.25) is 5.91 Å². The molecule has 2 N–H and O–H groups in total. The molecule has 0 aromatic heterocycles. The summed E-state index contributed by atoms with van der Waals surface area (Å²) in [6.45, 7) is 2.58. The number of rotatable bonds is 6. The van der Waals surface area contributed by atoms with Crippen LogP contribution in [0.1, 0.15) is 13.3 Å². The monoisotopic (exact) mass is 223 g/mol. The van der Waals surface area contributed by atoms with Crippen molar-refractivity contribution in [3.05, 3.63) is 30.3 Å². The van der Waals surface area contributed by atoms with E-state index in [1.807, 2.05) is 25.1 Å². The van der Waals surface area contributed by atoms with Crippen molar-refractivity contribution >= 4 is 11.6 Å². The van der Waals surface area contributed by atoms with Crippen LogP contribution in [0.4, 0.5) is 5.69 Å². The number of para-hydroxylation sites is 1. The fourth-order valence-electron chi connectivity index (χ4n) is 1.26. The Labute approximate surface area is 95.2 Å². The van der Waals surface area contributed by atoms with E-state index in [1.54, 1.807) is 12.1 Å². The number of carbonyl (C=O) groups excluding carboxylic acids is 1. The highest BCUT2D eigenvalue weighted by Crippen LogP contribution is 2.06. The summed E-state index contributed by atoms with van der Waals surface area (Å²) in [6, 6.07) is 9.15. The summed E-state index contributed by atoms with van der Waals surface area (Å²) in [5.74, 6) is -0.210. The van der Waals surface area contributed by atoms with E-state index in [0.717, 1.165) is 5.69 Å². The largest absolute Gasteiger partial charge is 0.390 e.